The van der Waals surface area contributed by atoms with E-state index in [0.717, 1.165) is 32.9 Å². The Morgan fingerprint density at radius 1 is 1.18 bits per heavy atom. The van der Waals surface area contributed by atoms with Gasteiger partial charge in [-0.2, -0.15) is 0 Å². The average Bonchev–Trinajstić information content (AvgIpc) is 2.65. The van der Waals surface area contributed by atoms with E-state index in [1.807, 2.05) is 24.3 Å². The number of benzene rings is 2. The van der Waals surface area contributed by atoms with Crippen LogP contribution < -0.4 is 5.73 Å². The molecule has 3 rings (SSSR count). The summed E-state index contributed by atoms with van der Waals surface area (Å²) in [5.74, 6) is 0. The van der Waals surface area contributed by atoms with Gasteiger partial charge >= 0.3 is 0 Å². The van der Waals surface area contributed by atoms with E-state index in [-0.39, 0.29) is 0 Å². The van der Waals surface area contributed by atoms with Crippen molar-refractivity contribution in [2.24, 2.45) is 0 Å². The third kappa shape index (κ3) is 1.41. The summed E-state index contributed by atoms with van der Waals surface area (Å²) in [4.78, 5) is 3.42. The van der Waals surface area contributed by atoms with Crippen LogP contribution in [-0.2, 0) is 0 Å². The number of H-pyrrole nitrogens is 1. The Labute approximate surface area is 104 Å². The summed E-state index contributed by atoms with van der Waals surface area (Å²) in [5.41, 5.74) is 11.4. The predicted molar refractivity (Wildman–Crippen MR) is 74.7 cm³/mol. The molecule has 86 valence electrons. The number of aromatic amines is 1. The van der Waals surface area contributed by atoms with Crippen molar-refractivity contribution in [3.8, 4) is 0 Å². The van der Waals surface area contributed by atoms with Crippen molar-refractivity contribution in [1.29, 1.82) is 0 Å². The van der Waals surface area contributed by atoms with Gasteiger partial charge in [-0.05, 0) is 43.2 Å². The summed E-state index contributed by atoms with van der Waals surface area (Å²) in [7, 11) is 0. The molecule has 0 saturated heterocycles. The van der Waals surface area contributed by atoms with Gasteiger partial charge in [0.1, 0.15) is 0 Å². The van der Waals surface area contributed by atoms with E-state index in [4.69, 9.17) is 17.3 Å². The van der Waals surface area contributed by atoms with Gasteiger partial charge in [0.05, 0.1) is 0 Å². The van der Waals surface area contributed by atoms with Crippen molar-refractivity contribution in [3.05, 3.63) is 40.4 Å². The van der Waals surface area contributed by atoms with Crippen LogP contribution in [0.25, 0.3) is 21.8 Å². The molecule has 0 atom stereocenters. The van der Waals surface area contributed by atoms with Crippen LogP contribution in [0.1, 0.15) is 11.1 Å². The van der Waals surface area contributed by atoms with Gasteiger partial charge in [-0.1, -0.05) is 17.7 Å². The zero-order valence-electron chi connectivity index (χ0n) is 9.76. The van der Waals surface area contributed by atoms with E-state index >= 15 is 0 Å². The molecule has 1 aromatic heterocycles. The number of nitrogens with two attached hydrogens (primary N) is 1. The molecule has 0 amide bonds. The van der Waals surface area contributed by atoms with Gasteiger partial charge in [-0.25, -0.2) is 0 Å². The highest BCUT2D eigenvalue weighted by Crippen LogP contribution is 2.34. The number of aryl methyl sites for hydroxylation is 2. The number of anilines is 1. The highest BCUT2D eigenvalue weighted by molar-refractivity contribution is 6.31. The lowest BCUT2D eigenvalue weighted by Gasteiger charge is -2.05. The monoisotopic (exact) mass is 244 g/mol. The number of fused-ring (bicyclic) bond motifs is 3. The second-order valence-electron chi connectivity index (χ2n) is 4.47. The molecule has 0 fully saturated rings. The maximum Gasteiger partial charge on any atom is 0.0498 e. The molecule has 17 heavy (non-hydrogen) atoms. The van der Waals surface area contributed by atoms with E-state index in [9.17, 15) is 0 Å². The highest BCUT2D eigenvalue weighted by Gasteiger charge is 2.11. The molecule has 0 unspecified atom stereocenters. The fraction of sp³-hybridized carbons (Fsp3) is 0.143. The number of rotatable bonds is 0. The summed E-state index contributed by atoms with van der Waals surface area (Å²) >= 11 is 6.01. The van der Waals surface area contributed by atoms with Gasteiger partial charge in [0.15, 0.2) is 0 Å². The first-order chi connectivity index (χ1) is 8.08. The molecule has 3 heteroatoms. The van der Waals surface area contributed by atoms with Crippen LogP contribution in [0.3, 0.4) is 0 Å². The zero-order chi connectivity index (χ0) is 12.2. The van der Waals surface area contributed by atoms with Gasteiger partial charge in [0.25, 0.3) is 0 Å². The Morgan fingerprint density at radius 3 is 2.71 bits per heavy atom. The smallest absolute Gasteiger partial charge is 0.0498 e. The Hall–Kier alpha value is -1.67. The number of aromatic nitrogens is 1. The first kappa shape index (κ1) is 10.5. The third-order valence-corrected chi connectivity index (χ3v) is 3.57. The summed E-state index contributed by atoms with van der Waals surface area (Å²) < 4.78 is 0. The summed E-state index contributed by atoms with van der Waals surface area (Å²) in [6, 6.07) is 7.91. The van der Waals surface area contributed by atoms with E-state index < -0.39 is 0 Å². The first-order valence-corrected chi connectivity index (χ1v) is 5.92. The quantitative estimate of drug-likeness (QED) is 0.573. The summed E-state index contributed by atoms with van der Waals surface area (Å²) in [5, 5.41) is 3.12. The minimum Gasteiger partial charge on any atom is -0.398 e. The molecule has 0 aliphatic rings. The molecule has 0 bridgehead atoms. The molecule has 0 aliphatic carbocycles. The molecule has 0 spiro atoms. The Morgan fingerprint density at radius 2 is 1.94 bits per heavy atom. The lowest BCUT2D eigenvalue weighted by molar-refractivity contribution is 1.42. The highest BCUT2D eigenvalue weighted by atomic mass is 35.5. The van der Waals surface area contributed by atoms with Crippen LogP contribution in [0.5, 0.6) is 0 Å². The number of halogens is 1. The van der Waals surface area contributed by atoms with Crippen molar-refractivity contribution in [2.75, 3.05) is 5.73 Å². The fourth-order valence-electron chi connectivity index (χ4n) is 2.41. The number of hydrogen-bond acceptors (Lipinski definition) is 1. The Balaban J connectivity index is 2.61. The van der Waals surface area contributed by atoms with Crippen molar-refractivity contribution >= 4 is 39.1 Å². The molecule has 2 aromatic carbocycles. The van der Waals surface area contributed by atoms with Gasteiger partial charge in [0.2, 0.25) is 0 Å². The van der Waals surface area contributed by atoms with Gasteiger partial charge in [0, 0.05) is 32.5 Å². The van der Waals surface area contributed by atoms with E-state index in [2.05, 4.69) is 18.8 Å². The van der Waals surface area contributed by atoms with Crippen molar-refractivity contribution < 1.29 is 0 Å². The lowest BCUT2D eigenvalue weighted by atomic mass is 10.0. The minimum atomic E-state index is 0.743. The molecule has 0 saturated carbocycles. The number of nitrogens with one attached hydrogen (secondary N) is 1. The van der Waals surface area contributed by atoms with E-state index in [1.54, 1.807) is 0 Å². The molecule has 0 radical (unpaired) electrons. The summed E-state index contributed by atoms with van der Waals surface area (Å²) in [6.07, 6.45) is 0. The van der Waals surface area contributed by atoms with Crippen molar-refractivity contribution in [2.45, 2.75) is 13.8 Å². The van der Waals surface area contributed by atoms with E-state index in [1.165, 1.54) is 10.8 Å². The molecular formula is C14H13ClN2. The zero-order valence-corrected chi connectivity index (χ0v) is 10.5. The second-order valence-corrected chi connectivity index (χ2v) is 4.91. The van der Waals surface area contributed by atoms with Crippen molar-refractivity contribution in [3.63, 3.8) is 0 Å². The first-order valence-electron chi connectivity index (χ1n) is 5.54. The van der Waals surface area contributed by atoms with Crippen LogP contribution in [0.2, 0.25) is 5.02 Å². The largest absolute Gasteiger partial charge is 0.398 e. The minimum absolute atomic E-state index is 0.743. The molecule has 0 aliphatic heterocycles. The van der Waals surface area contributed by atoms with Crippen LogP contribution in [0.15, 0.2) is 24.3 Å². The van der Waals surface area contributed by atoms with Gasteiger partial charge in [-0.15, -0.1) is 0 Å². The normalized spacial score (nSPS) is 11.5. The number of nitrogen functional groups attached to an aromatic ring is 1. The Kier molecular flexibility index (Phi) is 2.10. The number of hydrogen-bond donors (Lipinski definition) is 2. The van der Waals surface area contributed by atoms with Crippen LogP contribution >= 0.6 is 11.6 Å². The second kappa shape index (κ2) is 3.41. The summed E-state index contributed by atoms with van der Waals surface area (Å²) in [6.45, 7) is 4.12. The van der Waals surface area contributed by atoms with Gasteiger partial charge < -0.3 is 10.7 Å². The molecule has 3 aromatic rings. The standard InChI is InChI=1S/C14H13ClN2/c1-7-5-11(16)8(2)13-10-4-3-9(15)6-12(10)17-14(7)13/h3-6,17H,16H2,1-2H3. The molecule has 2 nitrogen and oxygen atoms in total. The fourth-order valence-corrected chi connectivity index (χ4v) is 2.59. The lowest BCUT2D eigenvalue weighted by Crippen LogP contribution is -1.91. The average molecular weight is 245 g/mol. The molecule has 1 heterocycles. The topological polar surface area (TPSA) is 41.8 Å². The maximum absolute atomic E-state index is 6.03. The Bertz CT molecular complexity index is 741. The SMILES string of the molecule is Cc1cc(N)c(C)c2c1[nH]c1cc(Cl)ccc12. The van der Waals surface area contributed by atoms with Gasteiger partial charge in [-0.3, -0.25) is 0 Å². The van der Waals surface area contributed by atoms with Crippen LogP contribution in [0, 0.1) is 13.8 Å². The predicted octanol–water partition coefficient (Wildman–Crippen LogP) is 4.17. The van der Waals surface area contributed by atoms with Crippen LogP contribution in [0.4, 0.5) is 5.69 Å². The van der Waals surface area contributed by atoms with Crippen molar-refractivity contribution in [1.82, 2.24) is 4.98 Å². The third-order valence-electron chi connectivity index (χ3n) is 3.33. The molecule has 3 N–H and O–H groups in total. The maximum atomic E-state index is 6.03. The van der Waals surface area contributed by atoms with Crippen LogP contribution in [-0.4, -0.2) is 4.98 Å². The molecular weight excluding hydrogens is 232 g/mol. The van der Waals surface area contributed by atoms with E-state index in [0.29, 0.717) is 0 Å².